The molecule has 2 heteroatoms. The highest BCUT2D eigenvalue weighted by Crippen LogP contribution is 1.95. The fourth-order valence-corrected chi connectivity index (χ4v) is 1.30. The average molecular weight is 146 g/mol. The second-order valence-electron chi connectivity index (χ2n) is 2.73. The van der Waals surface area contributed by atoms with Crippen molar-refractivity contribution in [2.75, 3.05) is 5.73 Å². The Kier molecular flexibility index (Phi) is 1.39. The molecule has 1 aliphatic rings. The first-order chi connectivity index (χ1) is 5.36. The molecule has 2 rings (SSSR count). The zero-order chi connectivity index (χ0) is 7.68. The molecule has 2 nitrogen and oxygen atoms in total. The van der Waals surface area contributed by atoms with E-state index in [4.69, 9.17) is 5.73 Å². The lowest BCUT2D eigenvalue weighted by Crippen LogP contribution is -2.29. The lowest BCUT2D eigenvalue weighted by molar-refractivity contribution is 1.08. The summed E-state index contributed by atoms with van der Waals surface area (Å²) in [6, 6.07) is 1.97. The molecule has 0 aliphatic heterocycles. The number of hydrogen-bond acceptors (Lipinski definition) is 2. The van der Waals surface area contributed by atoms with E-state index in [1.165, 1.54) is 5.22 Å². The normalized spacial score (nSPS) is 14.5. The molecule has 0 spiro atoms. The van der Waals surface area contributed by atoms with Crippen LogP contribution in [0, 0.1) is 0 Å². The summed E-state index contributed by atoms with van der Waals surface area (Å²) in [7, 11) is 0. The van der Waals surface area contributed by atoms with Crippen LogP contribution in [-0.4, -0.2) is 4.98 Å². The van der Waals surface area contributed by atoms with Crippen molar-refractivity contribution < 1.29 is 0 Å². The Bertz CT molecular complexity index is 379. The highest BCUT2D eigenvalue weighted by molar-refractivity contribution is 5.42. The molecule has 0 unspecified atom stereocenters. The van der Waals surface area contributed by atoms with Gasteiger partial charge in [0, 0.05) is 0 Å². The molecule has 0 radical (unpaired) electrons. The zero-order valence-electron chi connectivity index (χ0n) is 6.25. The minimum Gasteiger partial charge on any atom is -0.397 e. The van der Waals surface area contributed by atoms with E-state index in [0.29, 0.717) is 0 Å². The van der Waals surface area contributed by atoms with Crippen LogP contribution in [0.15, 0.2) is 12.3 Å². The molecule has 0 bridgehead atoms. The van der Waals surface area contributed by atoms with Gasteiger partial charge in [-0.25, -0.2) is 0 Å². The van der Waals surface area contributed by atoms with Gasteiger partial charge in [-0.05, 0) is 24.1 Å². The number of nitrogen functional groups attached to an aromatic ring is 1. The van der Waals surface area contributed by atoms with E-state index in [9.17, 15) is 0 Å². The number of hydrogen-bond donors (Lipinski definition) is 1. The first kappa shape index (κ1) is 6.40. The summed E-state index contributed by atoms with van der Waals surface area (Å²) in [5, 5.41) is 2.25. The van der Waals surface area contributed by atoms with Gasteiger partial charge >= 0.3 is 0 Å². The number of fused-ring (bicyclic) bond motifs is 1. The van der Waals surface area contributed by atoms with Crippen LogP contribution >= 0.6 is 0 Å². The fourth-order valence-electron chi connectivity index (χ4n) is 1.30. The predicted octanol–water partition coefficient (Wildman–Crippen LogP) is 0.0186. The van der Waals surface area contributed by atoms with Crippen LogP contribution in [0.4, 0.5) is 5.69 Å². The van der Waals surface area contributed by atoms with Gasteiger partial charge in [0.05, 0.1) is 17.2 Å². The molecule has 0 saturated carbocycles. The van der Waals surface area contributed by atoms with E-state index in [0.717, 1.165) is 23.9 Å². The molecular formula is C9H10N2. The number of aromatic nitrogens is 1. The number of rotatable bonds is 0. The minimum absolute atomic E-state index is 0.746. The van der Waals surface area contributed by atoms with Gasteiger partial charge < -0.3 is 5.73 Å². The average Bonchev–Trinajstić information content (AvgIpc) is 2.04. The van der Waals surface area contributed by atoms with Crippen molar-refractivity contribution >= 4 is 17.8 Å². The topological polar surface area (TPSA) is 38.9 Å². The van der Waals surface area contributed by atoms with Gasteiger partial charge in [0.25, 0.3) is 0 Å². The standard InChI is InChI=1S/C9H10N2/c10-8-5-7-3-1-2-4-9(7)11-6-8/h3-6H,1-2,10H2. The summed E-state index contributed by atoms with van der Waals surface area (Å²) in [6.45, 7) is 0. The number of nitrogens with two attached hydrogens (primary N) is 1. The molecule has 0 fully saturated rings. The maximum absolute atomic E-state index is 5.59. The molecule has 11 heavy (non-hydrogen) atoms. The Morgan fingerprint density at radius 3 is 3.00 bits per heavy atom. The molecular weight excluding hydrogens is 136 g/mol. The van der Waals surface area contributed by atoms with E-state index >= 15 is 0 Å². The van der Waals surface area contributed by atoms with E-state index in [-0.39, 0.29) is 0 Å². The van der Waals surface area contributed by atoms with Gasteiger partial charge in [-0.1, -0.05) is 12.2 Å². The smallest absolute Gasteiger partial charge is 0.0660 e. The van der Waals surface area contributed by atoms with E-state index in [2.05, 4.69) is 17.1 Å². The first-order valence-electron chi connectivity index (χ1n) is 3.78. The van der Waals surface area contributed by atoms with Crippen molar-refractivity contribution in [2.45, 2.75) is 12.8 Å². The predicted molar refractivity (Wildman–Crippen MR) is 46.1 cm³/mol. The quantitative estimate of drug-likeness (QED) is 0.560. The van der Waals surface area contributed by atoms with Crippen LogP contribution in [-0.2, 0) is 0 Å². The van der Waals surface area contributed by atoms with Gasteiger partial charge in [0.1, 0.15) is 0 Å². The van der Waals surface area contributed by atoms with E-state index < -0.39 is 0 Å². The maximum Gasteiger partial charge on any atom is 0.0660 e. The maximum atomic E-state index is 5.59. The van der Waals surface area contributed by atoms with Gasteiger partial charge in [0.15, 0.2) is 0 Å². The van der Waals surface area contributed by atoms with Crippen LogP contribution in [0.3, 0.4) is 0 Å². The summed E-state index contributed by atoms with van der Waals surface area (Å²) >= 11 is 0. The summed E-state index contributed by atoms with van der Waals surface area (Å²) in [4.78, 5) is 4.21. The largest absolute Gasteiger partial charge is 0.397 e. The Balaban J connectivity index is 2.80. The van der Waals surface area contributed by atoms with Crippen LogP contribution in [0.5, 0.6) is 0 Å². The third-order valence-corrected chi connectivity index (χ3v) is 1.84. The monoisotopic (exact) mass is 146 g/mol. The summed E-state index contributed by atoms with van der Waals surface area (Å²) < 4.78 is 0. The van der Waals surface area contributed by atoms with Crippen LogP contribution in [0.25, 0.3) is 12.2 Å². The fraction of sp³-hybridized carbons (Fsp3) is 0.222. The van der Waals surface area contributed by atoms with Gasteiger partial charge in [-0.15, -0.1) is 0 Å². The second-order valence-corrected chi connectivity index (χ2v) is 2.73. The number of pyridine rings is 1. The third kappa shape index (κ3) is 1.11. The third-order valence-electron chi connectivity index (χ3n) is 1.84. The highest BCUT2D eigenvalue weighted by Gasteiger charge is 1.93. The van der Waals surface area contributed by atoms with Crippen molar-refractivity contribution in [1.29, 1.82) is 0 Å². The Morgan fingerprint density at radius 1 is 1.27 bits per heavy atom. The van der Waals surface area contributed by atoms with Crippen molar-refractivity contribution in [1.82, 2.24) is 4.98 Å². The molecule has 0 amide bonds. The molecule has 0 atom stereocenters. The summed E-state index contributed by atoms with van der Waals surface area (Å²) in [5.41, 5.74) is 6.33. The lowest BCUT2D eigenvalue weighted by Gasteiger charge is -1.98. The van der Waals surface area contributed by atoms with Gasteiger partial charge in [-0.3, -0.25) is 4.98 Å². The summed E-state index contributed by atoms with van der Waals surface area (Å²) in [6.07, 6.45) is 8.24. The summed E-state index contributed by atoms with van der Waals surface area (Å²) in [5.74, 6) is 0. The number of nitrogens with zero attached hydrogens (tertiary/aromatic N) is 1. The first-order valence-corrected chi connectivity index (χ1v) is 3.78. The Morgan fingerprint density at radius 2 is 2.09 bits per heavy atom. The van der Waals surface area contributed by atoms with Crippen molar-refractivity contribution in [2.24, 2.45) is 0 Å². The van der Waals surface area contributed by atoms with E-state index in [1.807, 2.05) is 6.07 Å². The minimum atomic E-state index is 0.746. The van der Waals surface area contributed by atoms with Gasteiger partial charge in [-0.2, -0.15) is 0 Å². The molecule has 56 valence electrons. The molecule has 2 N–H and O–H groups in total. The Labute approximate surface area is 65.1 Å². The van der Waals surface area contributed by atoms with E-state index in [1.54, 1.807) is 6.20 Å². The molecule has 0 aromatic carbocycles. The van der Waals surface area contributed by atoms with Gasteiger partial charge in [0.2, 0.25) is 0 Å². The zero-order valence-corrected chi connectivity index (χ0v) is 6.25. The number of anilines is 1. The second kappa shape index (κ2) is 2.38. The van der Waals surface area contributed by atoms with Crippen molar-refractivity contribution in [3.05, 3.63) is 22.8 Å². The molecule has 1 heterocycles. The lowest BCUT2D eigenvalue weighted by atomic mass is 10.1. The van der Waals surface area contributed by atoms with Crippen LogP contribution < -0.4 is 16.3 Å². The van der Waals surface area contributed by atoms with Crippen molar-refractivity contribution in [3.63, 3.8) is 0 Å². The SMILES string of the molecule is Nc1cnc2c(c1)=CCCC=2. The molecule has 1 aromatic heterocycles. The van der Waals surface area contributed by atoms with Crippen LogP contribution in [0.2, 0.25) is 0 Å². The van der Waals surface area contributed by atoms with Crippen LogP contribution in [0.1, 0.15) is 12.8 Å². The molecule has 1 aliphatic carbocycles. The highest BCUT2D eigenvalue weighted by atomic mass is 14.7. The molecule has 1 aromatic rings. The molecule has 0 saturated heterocycles. The van der Waals surface area contributed by atoms with Crippen molar-refractivity contribution in [3.8, 4) is 0 Å². The Hall–Kier alpha value is -1.31.